The van der Waals surface area contributed by atoms with E-state index in [1.165, 1.54) is 4.57 Å². The summed E-state index contributed by atoms with van der Waals surface area (Å²) in [5.74, 6) is 1.25. The van der Waals surface area contributed by atoms with E-state index in [9.17, 15) is 8.42 Å². The van der Waals surface area contributed by atoms with Crippen LogP contribution in [0.15, 0.2) is 29.4 Å². The molecule has 0 amide bonds. The van der Waals surface area contributed by atoms with E-state index in [4.69, 9.17) is 9.88 Å². The van der Waals surface area contributed by atoms with Crippen LogP contribution in [0.3, 0.4) is 0 Å². The predicted octanol–water partition coefficient (Wildman–Crippen LogP) is 0.545. The third-order valence-corrected chi connectivity index (χ3v) is 3.72. The lowest BCUT2D eigenvalue weighted by molar-refractivity contribution is 0.410. The van der Waals surface area contributed by atoms with Gasteiger partial charge in [-0.05, 0) is 13.0 Å². The maximum Gasteiger partial charge on any atom is 0.273 e. The molecule has 0 atom stereocenters. The second-order valence-electron chi connectivity index (χ2n) is 4.18. The minimum atomic E-state index is -3.87. The first-order valence-corrected chi connectivity index (χ1v) is 7.58. The normalized spacial score (nSPS) is 11.6. The maximum absolute atomic E-state index is 11.4. The lowest BCUT2D eigenvalue weighted by atomic mass is 10.1. The van der Waals surface area contributed by atoms with E-state index in [0.29, 0.717) is 18.8 Å². The number of methoxy groups -OCH3 is 1. The molecule has 0 radical (unpaired) electrons. The summed E-state index contributed by atoms with van der Waals surface area (Å²) < 4.78 is 29.6. The van der Waals surface area contributed by atoms with E-state index in [-0.39, 0.29) is 5.16 Å². The van der Waals surface area contributed by atoms with Crippen molar-refractivity contribution in [3.63, 3.8) is 0 Å². The van der Waals surface area contributed by atoms with Crippen LogP contribution in [0, 0.1) is 0 Å². The summed E-state index contributed by atoms with van der Waals surface area (Å²) in [6.07, 6.45) is 0.417. The van der Waals surface area contributed by atoms with E-state index >= 15 is 0 Å². The Kier molecular flexibility index (Phi) is 4.05. The summed E-state index contributed by atoms with van der Waals surface area (Å²) >= 11 is 0. The Bertz CT molecular complexity index is 709. The van der Waals surface area contributed by atoms with Gasteiger partial charge in [0, 0.05) is 18.5 Å². The number of ether oxygens (including phenoxy) is 1. The minimum Gasteiger partial charge on any atom is -0.496 e. The average Bonchev–Trinajstić information content (AvgIpc) is 2.82. The zero-order valence-electron chi connectivity index (χ0n) is 11.3. The van der Waals surface area contributed by atoms with Crippen LogP contribution < -0.4 is 9.88 Å². The zero-order chi connectivity index (χ0) is 14.8. The molecule has 1 heterocycles. The van der Waals surface area contributed by atoms with Gasteiger partial charge in [0.25, 0.3) is 15.2 Å². The molecule has 0 aliphatic carbocycles. The van der Waals surface area contributed by atoms with Gasteiger partial charge in [0.1, 0.15) is 11.6 Å². The SMILES string of the molecule is CCn1c(Cc2ccccc2OC)nnc1S(N)(=O)=O. The number of hydrogen-bond acceptors (Lipinski definition) is 5. The van der Waals surface area contributed by atoms with Crippen LogP contribution in [0.25, 0.3) is 0 Å². The monoisotopic (exact) mass is 296 g/mol. The Labute approximate surface area is 117 Å². The molecule has 108 valence electrons. The van der Waals surface area contributed by atoms with Gasteiger partial charge in [0.2, 0.25) is 0 Å². The maximum atomic E-state index is 11.4. The third-order valence-electron chi connectivity index (χ3n) is 2.91. The summed E-state index contributed by atoms with van der Waals surface area (Å²) in [5.41, 5.74) is 0.901. The number of para-hydroxylation sites is 1. The lowest BCUT2D eigenvalue weighted by Crippen LogP contribution is -2.19. The first kappa shape index (κ1) is 14.5. The van der Waals surface area contributed by atoms with Gasteiger partial charge in [0.15, 0.2) is 0 Å². The standard InChI is InChI=1S/C12H16N4O3S/c1-3-16-11(14-15-12(16)20(13,17)18)8-9-6-4-5-7-10(9)19-2/h4-7H,3,8H2,1-2H3,(H2,13,17,18). The molecule has 0 saturated heterocycles. The molecule has 1 aromatic carbocycles. The van der Waals surface area contributed by atoms with Gasteiger partial charge in [-0.3, -0.25) is 0 Å². The number of sulfonamides is 1. The molecule has 7 nitrogen and oxygen atoms in total. The molecule has 0 saturated carbocycles. The molecule has 20 heavy (non-hydrogen) atoms. The minimum absolute atomic E-state index is 0.218. The van der Waals surface area contributed by atoms with Gasteiger partial charge >= 0.3 is 0 Å². The molecule has 0 bridgehead atoms. The number of benzene rings is 1. The Hall–Kier alpha value is -1.93. The van der Waals surface area contributed by atoms with Crippen molar-refractivity contribution in [3.8, 4) is 5.75 Å². The van der Waals surface area contributed by atoms with Crippen molar-refractivity contribution >= 4 is 10.0 Å². The Balaban J connectivity index is 2.42. The molecule has 0 unspecified atom stereocenters. The predicted molar refractivity (Wildman–Crippen MR) is 72.9 cm³/mol. The molecular weight excluding hydrogens is 280 g/mol. The van der Waals surface area contributed by atoms with E-state index in [2.05, 4.69) is 10.2 Å². The van der Waals surface area contributed by atoms with Gasteiger partial charge in [-0.25, -0.2) is 13.6 Å². The molecular formula is C12H16N4O3S. The number of rotatable bonds is 5. The van der Waals surface area contributed by atoms with Crippen molar-refractivity contribution in [2.75, 3.05) is 7.11 Å². The van der Waals surface area contributed by atoms with E-state index in [1.807, 2.05) is 31.2 Å². The first-order chi connectivity index (χ1) is 9.47. The number of nitrogens with zero attached hydrogens (tertiary/aromatic N) is 3. The fraction of sp³-hybridized carbons (Fsp3) is 0.333. The Morgan fingerprint density at radius 1 is 1.30 bits per heavy atom. The van der Waals surface area contributed by atoms with E-state index < -0.39 is 10.0 Å². The van der Waals surface area contributed by atoms with Crippen LogP contribution in [-0.2, 0) is 23.0 Å². The second-order valence-corrected chi connectivity index (χ2v) is 5.63. The second kappa shape index (κ2) is 5.59. The van der Waals surface area contributed by atoms with E-state index in [0.717, 1.165) is 11.3 Å². The summed E-state index contributed by atoms with van der Waals surface area (Å²) in [6.45, 7) is 2.23. The summed E-state index contributed by atoms with van der Waals surface area (Å²) in [6, 6.07) is 7.47. The highest BCUT2D eigenvalue weighted by atomic mass is 32.2. The topological polar surface area (TPSA) is 100 Å². The van der Waals surface area contributed by atoms with Crippen LogP contribution in [0.4, 0.5) is 0 Å². The van der Waals surface area contributed by atoms with Crippen molar-refractivity contribution in [1.29, 1.82) is 0 Å². The number of hydrogen-bond donors (Lipinski definition) is 1. The van der Waals surface area contributed by atoms with Gasteiger partial charge < -0.3 is 9.30 Å². The Morgan fingerprint density at radius 3 is 2.60 bits per heavy atom. The molecule has 1 aromatic heterocycles. The van der Waals surface area contributed by atoms with Crippen molar-refractivity contribution in [2.45, 2.75) is 25.0 Å². The molecule has 2 aromatic rings. The highest BCUT2D eigenvalue weighted by Gasteiger charge is 2.20. The van der Waals surface area contributed by atoms with Crippen LogP contribution in [0.5, 0.6) is 5.75 Å². The highest BCUT2D eigenvalue weighted by molar-refractivity contribution is 7.89. The van der Waals surface area contributed by atoms with E-state index in [1.54, 1.807) is 7.11 Å². The van der Waals surface area contributed by atoms with Gasteiger partial charge in [0.05, 0.1) is 7.11 Å². The fourth-order valence-corrected chi connectivity index (χ4v) is 2.69. The first-order valence-electron chi connectivity index (χ1n) is 6.04. The number of primary sulfonamides is 1. The highest BCUT2D eigenvalue weighted by Crippen LogP contribution is 2.21. The van der Waals surface area contributed by atoms with Crippen LogP contribution in [0.1, 0.15) is 18.3 Å². The van der Waals surface area contributed by atoms with Crippen molar-refractivity contribution in [3.05, 3.63) is 35.7 Å². The molecule has 2 rings (SSSR count). The van der Waals surface area contributed by atoms with Crippen molar-refractivity contribution in [2.24, 2.45) is 5.14 Å². The molecule has 0 aliphatic heterocycles. The number of nitrogens with two attached hydrogens (primary N) is 1. The van der Waals surface area contributed by atoms with Gasteiger partial charge in [-0.15, -0.1) is 10.2 Å². The Morgan fingerprint density at radius 2 is 2.00 bits per heavy atom. The lowest BCUT2D eigenvalue weighted by Gasteiger charge is -2.09. The summed E-state index contributed by atoms with van der Waals surface area (Å²) in [4.78, 5) is 0. The molecule has 2 N–H and O–H groups in total. The summed E-state index contributed by atoms with van der Waals surface area (Å²) in [7, 11) is -2.29. The third kappa shape index (κ3) is 2.81. The van der Waals surface area contributed by atoms with Crippen LogP contribution in [0.2, 0.25) is 0 Å². The molecule has 0 spiro atoms. The largest absolute Gasteiger partial charge is 0.496 e. The molecule has 8 heteroatoms. The molecule has 0 fully saturated rings. The smallest absolute Gasteiger partial charge is 0.273 e. The zero-order valence-corrected chi connectivity index (χ0v) is 12.1. The molecule has 0 aliphatic rings. The summed E-state index contributed by atoms with van der Waals surface area (Å²) in [5, 5.41) is 12.5. The number of aromatic nitrogens is 3. The quantitative estimate of drug-likeness (QED) is 0.868. The van der Waals surface area contributed by atoms with Gasteiger partial charge in [-0.2, -0.15) is 0 Å². The van der Waals surface area contributed by atoms with Crippen LogP contribution in [-0.4, -0.2) is 30.3 Å². The van der Waals surface area contributed by atoms with Crippen molar-refractivity contribution < 1.29 is 13.2 Å². The average molecular weight is 296 g/mol. The fourth-order valence-electron chi connectivity index (χ4n) is 2.00. The van der Waals surface area contributed by atoms with Crippen LogP contribution >= 0.6 is 0 Å². The van der Waals surface area contributed by atoms with Crippen molar-refractivity contribution in [1.82, 2.24) is 14.8 Å². The van der Waals surface area contributed by atoms with Gasteiger partial charge in [-0.1, -0.05) is 18.2 Å².